The molecule has 2 N–H and O–H groups in total. The lowest BCUT2D eigenvalue weighted by Gasteiger charge is -2.19. The van der Waals surface area contributed by atoms with Crippen molar-refractivity contribution in [3.05, 3.63) is 27.6 Å². The van der Waals surface area contributed by atoms with Gasteiger partial charge in [-0.2, -0.15) is 4.31 Å². The largest absolute Gasteiger partial charge is 0.355 e. The number of aromatic nitrogens is 1. The quantitative estimate of drug-likeness (QED) is 0.780. The second-order valence-corrected chi connectivity index (χ2v) is 6.24. The number of likely N-dealkylation sites (N-methyl/N-ethyl adjacent to an activating group) is 2. The van der Waals surface area contributed by atoms with E-state index in [1.54, 1.807) is 13.8 Å². The molecule has 1 rings (SSSR count). The second kappa shape index (κ2) is 6.87. The number of hydrogen-bond donors (Lipinski definition) is 2. The Hall–Kier alpha value is -1.38. The van der Waals surface area contributed by atoms with Crippen molar-refractivity contribution in [3.8, 4) is 0 Å². The summed E-state index contributed by atoms with van der Waals surface area (Å²) in [6, 6.07) is 1.07. The Morgan fingerprint density at radius 1 is 1.45 bits per heavy atom. The van der Waals surface area contributed by atoms with Gasteiger partial charge in [0.05, 0.1) is 11.4 Å². The van der Waals surface area contributed by atoms with Crippen molar-refractivity contribution in [3.63, 3.8) is 0 Å². The molecular weight excluding hydrogens is 306 g/mol. The number of rotatable bonds is 6. The predicted molar refractivity (Wildman–Crippen MR) is 75.2 cm³/mol. The lowest BCUT2D eigenvalue weighted by Crippen LogP contribution is -2.40. The van der Waals surface area contributed by atoms with Crippen LogP contribution < -0.4 is 10.9 Å². The highest BCUT2D eigenvalue weighted by molar-refractivity contribution is 7.89. The van der Waals surface area contributed by atoms with Crippen LogP contribution in [0.1, 0.15) is 13.8 Å². The molecule has 0 spiro atoms. The van der Waals surface area contributed by atoms with E-state index in [4.69, 9.17) is 11.6 Å². The minimum absolute atomic E-state index is 0.121. The van der Waals surface area contributed by atoms with E-state index in [1.165, 1.54) is 0 Å². The van der Waals surface area contributed by atoms with Gasteiger partial charge in [0, 0.05) is 19.3 Å². The Kier molecular flexibility index (Phi) is 5.73. The Morgan fingerprint density at radius 2 is 2.10 bits per heavy atom. The maximum absolute atomic E-state index is 12.3. The number of carbonyl (C=O) groups is 1. The minimum Gasteiger partial charge on any atom is -0.355 e. The molecule has 0 atom stereocenters. The fourth-order valence-electron chi connectivity index (χ4n) is 1.52. The summed E-state index contributed by atoms with van der Waals surface area (Å²) in [5.41, 5.74) is -0.572. The van der Waals surface area contributed by atoms with E-state index >= 15 is 0 Å². The average Bonchev–Trinajstić information content (AvgIpc) is 2.39. The van der Waals surface area contributed by atoms with Crippen molar-refractivity contribution in [2.45, 2.75) is 18.7 Å². The van der Waals surface area contributed by atoms with Crippen LogP contribution in [-0.2, 0) is 14.8 Å². The SMILES string of the molecule is CCNC(=O)CN(CC)S(=O)(=O)c1c[nH]c(=O)c(Cl)c1. The van der Waals surface area contributed by atoms with Crippen molar-refractivity contribution in [2.24, 2.45) is 0 Å². The third-order valence-electron chi connectivity index (χ3n) is 2.52. The normalized spacial score (nSPS) is 11.6. The average molecular weight is 322 g/mol. The van der Waals surface area contributed by atoms with Crippen LogP contribution in [0.5, 0.6) is 0 Å². The number of aromatic amines is 1. The predicted octanol–water partition coefficient (Wildman–Crippen LogP) is 0.175. The number of halogens is 1. The number of pyridine rings is 1. The molecule has 0 unspecified atom stereocenters. The highest BCUT2D eigenvalue weighted by atomic mass is 35.5. The maximum Gasteiger partial charge on any atom is 0.266 e. The molecule has 0 bridgehead atoms. The minimum atomic E-state index is -3.89. The summed E-state index contributed by atoms with van der Waals surface area (Å²) in [4.78, 5) is 24.7. The van der Waals surface area contributed by atoms with Gasteiger partial charge in [0.2, 0.25) is 15.9 Å². The molecule has 7 nitrogen and oxygen atoms in total. The Bertz CT molecular complexity index is 641. The third-order valence-corrected chi connectivity index (χ3v) is 4.70. The highest BCUT2D eigenvalue weighted by Gasteiger charge is 2.25. The number of nitrogens with one attached hydrogen (secondary N) is 2. The number of hydrogen-bond acceptors (Lipinski definition) is 4. The van der Waals surface area contributed by atoms with Crippen LogP contribution in [0.25, 0.3) is 0 Å². The maximum atomic E-state index is 12.3. The zero-order chi connectivity index (χ0) is 15.3. The first-order valence-electron chi connectivity index (χ1n) is 5.98. The topological polar surface area (TPSA) is 99.3 Å². The number of amides is 1. The molecule has 1 amide bonds. The van der Waals surface area contributed by atoms with Crippen molar-refractivity contribution >= 4 is 27.5 Å². The van der Waals surface area contributed by atoms with E-state index in [9.17, 15) is 18.0 Å². The molecule has 0 aliphatic rings. The van der Waals surface area contributed by atoms with E-state index in [-0.39, 0.29) is 23.0 Å². The Morgan fingerprint density at radius 3 is 2.60 bits per heavy atom. The van der Waals surface area contributed by atoms with E-state index in [0.29, 0.717) is 6.54 Å². The summed E-state index contributed by atoms with van der Waals surface area (Å²) < 4.78 is 25.7. The van der Waals surface area contributed by atoms with Crippen LogP contribution in [0.4, 0.5) is 0 Å². The lowest BCUT2D eigenvalue weighted by molar-refractivity contribution is -0.121. The number of sulfonamides is 1. The molecule has 9 heteroatoms. The van der Waals surface area contributed by atoms with Crippen LogP contribution in [0.2, 0.25) is 5.02 Å². The highest BCUT2D eigenvalue weighted by Crippen LogP contribution is 2.16. The second-order valence-electron chi connectivity index (χ2n) is 3.90. The van der Waals surface area contributed by atoms with Gasteiger partial charge in [-0.1, -0.05) is 18.5 Å². The summed E-state index contributed by atoms with van der Waals surface area (Å²) in [6.45, 7) is 3.61. The molecule has 0 saturated carbocycles. The number of carbonyl (C=O) groups excluding carboxylic acids is 1. The first kappa shape index (κ1) is 16.7. The van der Waals surface area contributed by atoms with Gasteiger partial charge in [0.25, 0.3) is 5.56 Å². The van der Waals surface area contributed by atoms with E-state index < -0.39 is 21.5 Å². The zero-order valence-electron chi connectivity index (χ0n) is 11.1. The molecule has 0 radical (unpaired) electrons. The van der Waals surface area contributed by atoms with Gasteiger partial charge >= 0.3 is 0 Å². The van der Waals surface area contributed by atoms with E-state index in [0.717, 1.165) is 16.6 Å². The van der Waals surface area contributed by atoms with Gasteiger partial charge in [-0.25, -0.2) is 8.42 Å². The van der Waals surface area contributed by atoms with Gasteiger partial charge in [-0.15, -0.1) is 0 Å². The molecule has 1 aromatic rings. The third kappa shape index (κ3) is 3.81. The van der Waals surface area contributed by atoms with Crippen molar-refractivity contribution < 1.29 is 13.2 Å². The first-order valence-corrected chi connectivity index (χ1v) is 7.79. The molecular formula is C11H16ClN3O4S. The van der Waals surface area contributed by atoms with Crippen molar-refractivity contribution in [2.75, 3.05) is 19.6 Å². The fraction of sp³-hybridized carbons (Fsp3) is 0.455. The van der Waals surface area contributed by atoms with Crippen molar-refractivity contribution in [1.82, 2.24) is 14.6 Å². The molecule has 0 aliphatic heterocycles. The zero-order valence-corrected chi connectivity index (χ0v) is 12.7. The summed E-state index contributed by atoms with van der Waals surface area (Å²) in [7, 11) is -3.89. The molecule has 20 heavy (non-hydrogen) atoms. The smallest absolute Gasteiger partial charge is 0.266 e. The molecule has 0 aromatic carbocycles. The molecule has 0 saturated heterocycles. The summed E-state index contributed by atoms with van der Waals surface area (Å²) in [5.74, 6) is -0.395. The fourth-order valence-corrected chi connectivity index (χ4v) is 3.15. The molecule has 0 fully saturated rings. The standard InChI is InChI=1S/C11H16ClN3O4S/c1-3-13-10(16)7-15(4-2)20(18,19)8-5-9(12)11(17)14-6-8/h5-6H,3-4,7H2,1-2H3,(H,13,16)(H,14,17). The molecule has 1 heterocycles. The monoisotopic (exact) mass is 321 g/mol. The van der Waals surface area contributed by atoms with Gasteiger partial charge in [-0.05, 0) is 13.0 Å². The summed E-state index contributed by atoms with van der Waals surface area (Å²) in [6.07, 6.45) is 1.06. The van der Waals surface area contributed by atoms with E-state index in [1.807, 2.05) is 0 Å². The van der Waals surface area contributed by atoms with Gasteiger partial charge in [0.1, 0.15) is 5.02 Å². The molecule has 112 valence electrons. The first-order chi connectivity index (χ1) is 9.32. The summed E-state index contributed by atoms with van der Waals surface area (Å²) in [5, 5.41) is 2.30. The van der Waals surface area contributed by atoms with Gasteiger partial charge < -0.3 is 10.3 Å². The summed E-state index contributed by atoms with van der Waals surface area (Å²) >= 11 is 5.62. The van der Waals surface area contributed by atoms with Crippen LogP contribution in [0.15, 0.2) is 22.0 Å². The Balaban J connectivity index is 3.08. The van der Waals surface area contributed by atoms with Crippen LogP contribution in [-0.4, -0.2) is 43.2 Å². The van der Waals surface area contributed by atoms with Gasteiger partial charge in [-0.3, -0.25) is 9.59 Å². The van der Waals surface area contributed by atoms with Crippen LogP contribution >= 0.6 is 11.6 Å². The van der Waals surface area contributed by atoms with Crippen LogP contribution in [0, 0.1) is 0 Å². The molecule has 1 aromatic heterocycles. The lowest BCUT2D eigenvalue weighted by atomic mass is 10.5. The van der Waals surface area contributed by atoms with Gasteiger partial charge in [0.15, 0.2) is 0 Å². The number of H-pyrrole nitrogens is 1. The van der Waals surface area contributed by atoms with Crippen molar-refractivity contribution in [1.29, 1.82) is 0 Å². The van der Waals surface area contributed by atoms with E-state index in [2.05, 4.69) is 10.3 Å². The Labute approximate surface area is 122 Å². The number of nitrogens with zero attached hydrogens (tertiary/aromatic N) is 1. The van der Waals surface area contributed by atoms with Crippen LogP contribution in [0.3, 0.4) is 0 Å². The molecule has 0 aliphatic carbocycles.